The molecule has 1 heterocycles. The number of ether oxygens (including phenoxy) is 1. The smallest absolute Gasteiger partial charge is 0.330 e. The second kappa shape index (κ2) is 6.75. The van der Waals surface area contributed by atoms with Gasteiger partial charge in [-0.25, -0.2) is 4.79 Å². The summed E-state index contributed by atoms with van der Waals surface area (Å²) in [6, 6.07) is 0. The van der Waals surface area contributed by atoms with Crippen LogP contribution in [0.15, 0.2) is 0 Å². The number of rotatable bonds is 3. The number of hydrogen-bond donors (Lipinski definition) is 0. The van der Waals surface area contributed by atoms with Crippen molar-refractivity contribution in [1.29, 1.82) is 0 Å². The average molecular weight is 300 g/mol. The van der Waals surface area contributed by atoms with E-state index in [1.807, 2.05) is 41.5 Å². The van der Waals surface area contributed by atoms with Gasteiger partial charge in [-0.2, -0.15) is 0 Å². The van der Waals surface area contributed by atoms with Gasteiger partial charge in [0, 0.05) is 13.1 Å². The third kappa shape index (κ3) is 6.44. The molecule has 0 bridgehead atoms. The van der Waals surface area contributed by atoms with Crippen molar-refractivity contribution in [2.24, 2.45) is 5.41 Å². The average Bonchev–Trinajstić information content (AvgIpc) is 2.35. The SMILES string of the molecule is CC(C)(C)OCC(=O)N1CCN(OC(=O)C(C)(C)C)CC1. The van der Waals surface area contributed by atoms with Crippen molar-refractivity contribution in [3.05, 3.63) is 0 Å². The lowest BCUT2D eigenvalue weighted by molar-refractivity contribution is -0.207. The van der Waals surface area contributed by atoms with Crippen molar-refractivity contribution in [1.82, 2.24) is 9.96 Å². The highest BCUT2D eigenvalue weighted by molar-refractivity contribution is 5.77. The lowest BCUT2D eigenvalue weighted by atomic mass is 9.98. The Hall–Kier alpha value is -1.14. The van der Waals surface area contributed by atoms with Crippen molar-refractivity contribution in [3.8, 4) is 0 Å². The van der Waals surface area contributed by atoms with Crippen LogP contribution in [-0.2, 0) is 19.2 Å². The minimum absolute atomic E-state index is 0.0216. The van der Waals surface area contributed by atoms with Crippen LogP contribution in [0.1, 0.15) is 41.5 Å². The minimum Gasteiger partial charge on any atom is -0.367 e. The molecule has 1 aliphatic rings. The van der Waals surface area contributed by atoms with Gasteiger partial charge in [0.05, 0.1) is 24.1 Å². The molecular weight excluding hydrogens is 272 g/mol. The maximum atomic E-state index is 12.0. The summed E-state index contributed by atoms with van der Waals surface area (Å²) < 4.78 is 5.49. The van der Waals surface area contributed by atoms with Gasteiger partial charge in [0.15, 0.2) is 0 Å². The van der Waals surface area contributed by atoms with E-state index in [2.05, 4.69) is 0 Å². The van der Waals surface area contributed by atoms with Crippen LogP contribution < -0.4 is 0 Å². The molecule has 0 unspecified atom stereocenters. The van der Waals surface area contributed by atoms with Crippen LogP contribution in [0.25, 0.3) is 0 Å². The summed E-state index contributed by atoms with van der Waals surface area (Å²) in [7, 11) is 0. The number of hydrogen-bond acceptors (Lipinski definition) is 5. The molecule has 0 atom stereocenters. The van der Waals surface area contributed by atoms with Crippen LogP contribution in [-0.4, -0.2) is 60.2 Å². The van der Waals surface area contributed by atoms with E-state index in [1.165, 1.54) is 0 Å². The first-order valence-corrected chi connectivity index (χ1v) is 7.38. The Morgan fingerprint density at radius 3 is 1.90 bits per heavy atom. The predicted molar refractivity (Wildman–Crippen MR) is 79.4 cm³/mol. The first-order chi connectivity index (χ1) is 9.49. The molecule has 0 aromatic rings. The van der Waals surface area contributed by atoms with E-state index in [9.17, 15) is 9.59 Å². The predicted octanol–water partition coefficient (Wildman–Crippen LogP) is 1.45. The summed E-state index contributed by atoms with van der Waals surface area (Å²) in [5, 5.41) is 1.63. The van der Waals surface area contributed by atoms with E-state index in [0.29, 0.717) is 26.2 Å². The fourth-order valence-corrected chi connectivity index (χ4v) is 1.65. The first-order valence-electron chi connectivity index (χ1n) is 7.38. The second-order valence-electron chi connectivity index (χ2n) is 7.34. The van der Waals surface area contributed by atoms with Gasteiger partial charge in [-0.1, -0.05) is 0 Å². The van der Waals surface area contributed by atoms with E-state index >= 15 is 0 Å². The molecule has 0 aromatic carbocycles. The van der Waals surface area contributed by atoms with Gasteiger partial charge in [-0.3, -0.25) is 4.79 Å². The minimum atomic E-state index is -0.520. The Bertz CT molecular complexity index is 374. The monoisotopic (exact) mass is 300 g/mol. The molecule has 1 aliphatic heterocycles. The number of amides is 1. The van der Waals surface area contributed by atoms with Gasteiger partial charge in [-0.05, 0) is 41.5 Å². The van der Waals surface area contributed by atoms with Crippen molar-refractivity contribution in [2.75, 3.05) is 32.8 Å². The fraction of sp³-hybridized carbons (Fsp3) is 0.867. The van der Waals surface area contributed by atoms with Crippen molar-refractivity contribution >= 4 is 11.9 Å². The third-order valence-corrected chi connectivity index (χ3v) is 3.04. The van der Waals surface area contributed by atoms with Gasteiger partial charge in [0.1, 0.15) is 6.61 Å². The summed E-state index contributed by atoms with van der Waals surface area (Å²) >= 11 is 0. The number of carbonyl (C=O) groups excluding carboxylic acids is 2. The molecule has 1 fully saturated rings. The first kappa shape index (κ1) is 17.9. The third-order valence-electron chi connectivity index (χ3n) is 3.04. The van der Waals surface area contributed by atoms with Crippen molar-refractivity contribution in [3.63, 3.8) is 0 Å². The zero-order valence-electron chi connectivity index (χ0n) is 14.1. The van der Waals surface area contributed by atoms with E-state index in [1.54, 1.807) is 9.96 Å². The number of nitrogens with zero attached hydrogens (tertiary/aromatic N) is 2. The molecule has 1 rings (SSSR count). The number of hydroxylamine groups is 2. The topological polar surface area (TPSA) is 59.1 Å². The van der Waals surface area contributed by atoms with Gasteiger partial charge in [0.2, 0.25) is 5.91 Å². The van der Waals surface area contributed by atoms with Gasteiger partial charge in [0.25, 0.3) is 0 Å². The number of piperazine rings is 1. The lowest BCUT2D eigenvalue weighted by Gasteiger charge is -2.34. The standard InChI is InChI=1S/C15H28N2O4/c1-14(2,3)13(19)21-17-9-7-16(8-10-17)12(18)11-20-15(4,5)6/h7-11H2,1-6H3. The van der Waals surface area contributed by atoms with Crippen LogP contribution in [0.2, 0.25) is 0 Å². The molecule has 0 saturated carbocycles. The molecule has 6 nitrogen and oxygen atoms in total. The van der Waals surface area contributed by atoms with Crippen molar-refractivity contribution in [2.45, 2.75) is 47.1 Å². The molecule has 0 aliphatic carbocycles. The summed E-state index contributed by atoms with van der Waals surface area (Å²) in [4.78, 5) is 30.9. The summed E-state index contributed by atoms with van der Waals surface area (Å²) in [5.74, 6) is -0.273. The molecule has 6 heteroatoms. The zero-order chi connectivity index (χ0) is 16.3. The fourth-order valence-electron chi connectivity index (χ4n) is 1.65. The Morgan fingerprint density at radius 2 is 1.48 bits per heavy atom. The van der Waals surface area contributed by atoms with E-state index < -0.39 is 5.41 Å². The maximum absolute atomic E-state index is 12.0. The van der Waals surface area contributed by atoms with Gasteiger partial charge >= 0.3 is 5.97 Å². The van der Waals surface area contributed by atoms with Crippen LogP contribution in [0.3, 0.4) is 0 Å². The molecule has 0 spiro atoms. The Morgan fingerprint density at radius 1 is 0.952 bits per heavy atom. The van der Waals surface area contributed by atoms with Crippen molar-refractivity contribution < 1.29 is 19.2 Å². The molecule has 21 heavy (non-hydrogen) atoms. The molecular formula is C15H28N2O4. The van der Waals surface area contributed by atoms with Crippen LogP contribution in [0.4, 0.5) is 0 Å². The Kier molecular flexibility index (Phi) is 5.75. The quantitative estimate of drug-likeness (QED) is 0.789. The molecule has 0 N–H and O–H groups in total. The highest BCUT2D eigenvalue weighted by atomic mass is 16.7. The normalized spacial score (nSPS) is 17.7. The van der Waals surface area contributed by atoms with Crippen LogP contribution in [0, 0.1) is 5.41 Å². The Labute approximate surface area is 127 Å². The van der Waals surface area contributed by atoms with E-state index in [0.717, 1.165) is 0 Å². The number of carbonyl (C=O) groups is 2. The molecule has 1 amide bonds. The highest BCUT2D eigenvalue weighted by Gasteiger charge is 2.29. The second-order valence-corrected chi connectivity index (χ2v) is 7.34. The summed E-state index contributed by atoms with van der Waals surface area (Å²) in [5.41, 5.74) is -0.840. The van der Waals surface area contributed by atoms with Gasteiger partial charge < -0.3 is 14.5 Å². The molecule has 122 valence electrons. The van der Waals surface area contributed by atoms with Crippen LogP contribution in [0.5, 0.6) is 0 Å². The summed E-state index contributed by atoms with van der Waals surface area (Å²) in [6.45, 7) is 13.5. The van der Waals surface area contributed by atoms with Gasteiger partial charge in [-0.15, -0.1) is 5.06 Å². The van der Waals surface area contributed by atoms with Crippen LogP contribution >= 0.6 is 0 Å². The summed E-state index contributed by atoms with van der Waals surface area (Å²) in [6.07, 6.45) is 0. The molecule has 1 saturated heterocycles. The Balaban J connectivity index is 2.35. The van der Waals surface area contributed by atoms with E-state index in [-0.39, 0.29) is 24.1 Å². The molecule has 0 aromatic heterocycles. The lowest BCUT2D eigenvalue weighted by Crippen LogP contribution is -2.51. The zero-order valence-corrected chi connectivity index (χ0v) is 14.1. The molecule has 0 radical (unpaired) electrons. The van der Waals surface area contributed by atoms with E-state index in [4.69, 9.17) is 9.57 Å². The highest BCUT2D eigenvalue weighted by Crippen LogP contribution is 2.17. The maximum Gasteiger partial charge on any atom is 0.330 e. The largest absolute Gasteiger partial charge is 0.367 e.